The SMILES string of the molecule is CC[C@@H](C)NC(=O)[C@H](CC)N(Cc1cccc(C)c1)C(=O)COc1cc(C)c(Br)c(C)c1. The van der Waals surface area contributed by atoms with Gasteiger partial charge >= 0.3 is 0 Å². The zero-order valence-electron chi connectivity index (χ0n) is 20.0. The predicted octanol–water partition coefficient (Wildman–Crippen LogP) is 5.48. The Morgan fingerprint density at radius 3 is 2.28 bits per heavy atom. The van der Waals surface area contributed by atoms with Crippen molar-refractivity contribution < 1.29 is 14.3 Å². The van der Waals surface area contributed by atoms with Crippen LogP contribution in [0.4, 0.5) is 0 Å². The van der Waals surface area contributed by atoms with Crippen LogP contribution in [0, 0.1) is 20.8 Å². The smallest absolute Gasteiger partial charge is 0.261 e. The number of benzene rings is 2. The van der Waals surface area contributed by atoms with Crippen LogP contribution in [0.25, 0.3) is 0 Å². The highest BCUT2D eigenvalue weighted by Crippen LogP contribution is 2.26. The summed E-state index contributed by atoms with van der Waals surface area (Å²) < 4.78 is 6.89. The summed E-state index contributed by atoms with van der Waals surface area (Å²) in [6.07, 6.45) is 1.36. The van der Waals surface area contributed by atoms with E-state index in [0.29, 0.717) is 18.7 Å². The Hall–Kier alpha value is -2.34. The zero-order chi connectivity index (χ0) is 23.8. The number of nitrogens with zero attached hydrogens (tertiary/aromatic N) is 1. The first-order valence-corrected chi connectivity index (χ1v) is 12.0. The summed E-state index contributed by atoms with van der Waals surface area (Å²) in [7, 11) is 0. The molecule has 2 rings (SSSR count). The van der Waals surface area contributed by atoms with Crippen molar-refractivity contribution in [2.24, 2.45) is 0 Å². The molecule has 32 heavy (non-hydrogen) atoms. The molecule has 6 heteroatoms. The largest absolute Gasteiger partial charge is 0.484 e. The number of carbonyl (C=O) groups is 2. The van der Waals surface area contributed by atoms with Crippen molar-refractivity contribution in [2.75, 3.05) is 6.61 Å². The lowest BCUT2D eigenvalue weighted by Crippen LogP contribution is -2.51. The summed E-state index contributed by atoms with van der Waals surface area (Å²) in [5, 5.41) is 3.03. The first-order chi connectivity index (χ1) is 15.2. The lowest BCUT2D eigenvalue weighted by Gasteiger charge is -2.31. The van der Waals surface area contributed by atoms with Crippen molar-refractivity contribution in [1.82, 2.24) is 10.2 Å². The number of amides is 2. The van der Waals surface area contributed by atoms with Gasteiger partial charge in [-0.05, 0) is 69.4 Å². The number of ether oxygens (including phenoxy) is 1. The van der Waals surface area contributed by atoms with Crippen molar-refractivity contribution in [3.05, 3.63) is 63.1 Å². The van der Waals surface area contributed by atoms with E-state index in [1.807, 2.05) is 77.9 Å². The Morgan fingerprint density at radius 2 is 1.72 bits per heavy atom. The van der Waals surface area contributed by atoms with E-state index in [1.54, 1.807) is 4.90 Å². The van der Waals surface area contributed by atoms with Crippen LogP contribution in [0.1, 0.15) is 55.9 Å². The van der Waals surface area contributed by atoms with Crippen molar-refractivity contribution in [3.8, 4) is 5.75 Å². The Kier molecular flexibility index (Phi) is 9.76. The Balaban J connectivity index is 2.25. The molecule has 0 fully saturated rings. The van der Waals surface area contributed by atoms with Crippen LogP contribution in [-0.2, 0) is 16.1 Å². The van der Waals surface area contributed by atoms with Gasteiger partial charge in [-0.3, -0.25) is 9.59 Å². The fourth-order valence-electron chi connectivity index (χ4n) is 3.59. The van der Waals surface area contributed by atoms with Gasteiger partial charge in [0.2, 0.25) is 5.91 Å². The molecule has 0 saturated carbocycles. The van der Waals surface area contributed by atoms with Crippen LogP contribution in [-0.4, -0.2) is 35.4 Å². The Bertz CT molecular complexity index is 921. The molecule has 0 radical (unpaired) electrons. The molecular formula is C26H35BrN2O3. The van der Waals surface area contributed by atoms with Gasteiger partial charge in [0.25, 0.3) is 5.91 Å². The summed E-state index contributed by atoms with van der Waals surface area (Å²) in [6, 6.07) is 11.3. The molecule has 1 N–H and O–H groups in total. The second-order valence-electron chi connectivity index (χ2n) is 8.41. The van der Waals surface area contributed by atoms with E-state index in [-0.39, 0.29) is 24.5 Å². The Morgan fingerprint density at radius 1 is 1.06 bits per heavy atom. The highest BCUT2D eigenvalue weighted by molar-refractivity contribution is 9.10. The van der Waals surface area contributed by atoms with Gasteiger partial charge in [0.05, 0.1) is 0 Å². The second-order valence-corrected chi connectivity index (χ2v) is 9.21. The van der Waals surface area contributed by atoms with Crippen LogP contribution >= 0.6 is 15.9 Å². The molecule has 0 aliphatic carbocycles. The quantitative estimate of drug-likeness (QED) is 0.468. The van der Waals surface area contributed by atoms with E-state index in [9.17, 15) is 9.59 Å². The molecule has 0 saturated heterocycles. The molecule has 5 nitrogen and oxygen atoms in total. The molecule has 2 atom stereocenters. The molecule has 174 valence electrons. The fraction of sp³-hybridized carbons (Fsp3) is 0.462. The number of carbonyl (C=O) groups excluding carboxylic acids is 2. The number of hydrogen-bond donors (Lipinski definition) is 1. The standard InChI is InChI=1S/C26H35BrN2O3/c1-7-20(6)28-26(31)23(8-2)29(15-21-11-9-10-17(3)12-21)24(30)16-32-22-13-18(4)25(27)19(5)14-22/h9-14,20,23H,7-8,15-16H2,1-6H3,(H,28,31)/t20-,23+/m1/s1. The molecule has 2 aromatic carbocycles. The van der Waals surface area contributed by atoms with Gasteiger partial charge in [-0.25, -0.2) is 0 Å². The van der Waals surface area contributed by atoms with Gasteiger partial charge in [-0.2, -0.15) is 0 Å². The molecule has 0 spiro atoms. The maximum atomic E-state index is 13.3. The molecule has 2 aromatic rings. The monoisotopic (exact) mass is 502 g/mol. The van der Waals surface area contributed by atoms with E-state index >= 15 is 0 Å². The third kappa shape index (κ3) is 7.09. The molecule has 0 aromatic heterocycles. The minimum atomic E-state index is -0.561. The zero-order valence-corrected chi connectivity index (χ0v) is 21.6. The molecule has 0 aliphatic rings. The highest BCUT2D eigenvalue weighted by Gasteiger charge is 2.29. The van der Waals surface area contributed by atoms with E-state index in [2.05, 4.69) is 21.2 Å². The number of hydrogen-bond acceptors (Lipinski definition) is 3. The lowest BCUT2D eigenvalue weighted by molar-refractivity contribution is -0.143. The number of aryl methyl sites for hydroxylation is 3. The number of rotatable bonds is 10. The van der Waals surface area contributed by atoms with Crippen LogP contribution in [0.5, 0.6) is 5.75 Å². The van der Waals surface area contributed by atoms with Gasteiger partial charge in [0.15, 0.2) is 6.61 Å². The van der Waals surface area contributed by atoms with Crippen molar-refractivity contribution in [2.45, 2.75) is 73.0 Å². The fourth-order valence-corrected chi connectivity index (χ4v) is 3.81. The maximum Gasteiger partial charge on any atom is 0.261 e. The topological polar surface area (TPSA) is 58.6 Å². The van der Waals surface area contributed by atoms with Crippen LogP contribution in [0.3, 0.4) is 0 Å². The molecule has 0 heterocycles. The normalized spacial score (nSPS) is 12.7. The average molecular weight is 503 g/mol. The van der Waals surface area contributed by atoms with Crippen LogP contribution in [0.2, 0.25) is 0 Å². The molecule has 0 unspecified atom stereocenters. The van der Waals surface area contributed by atoms with Crippen molar-refractivity contribution in [3.63, 3.8) is 0 Å². The van der Waals surface area contributed by atoms with Crippen LogP contribution < -0.4 is 10.1 Å². The average Bonchev–Trinajstić information content (AvgIpc) is 2.75. The minimum Gasteiger partial charge on any atom is -0.484 e. The summed E-state index contributed by atoms with van der Waals surface area (Å²) >= 11 is 3.55. The third-order valence-electron chi connectivity index (χ3n) is 5.59. The summed E-state index contributed by atoms with van der Waals surface area (Å²) in [5.74, 6) is 0.304. The number of nitrogens with one attached hydrogen (secondary N) is 1. The molecule has 2 amide bonds. The molecule has 0 aliphatic heterocycles. The third-order valence-corrected chi connectivity index (χ3v) is 6.85. The van der Waals surface area contributed by atoms with E-state index < -0.39 is 6.04 Å². The van der Waals surface area contributed by atoms with Gasteiger partial charge < -0.3 is 15.0 Å². The summed E-state index contributed by atoms with van der Waals surface area (Å²) in [5.41, 5.74) is 4.19. The molecule has 0 bridgehead atoms. The van der Waals surface area contributed by atoms with Gasteiger partial charge in [-0.15, -0.1) is 0 Å². The second kappa shape index (κ2) is 12.0. The molecular weight excluding hydrogens is 468 g/mol. The number of halogens is 1. The van der Waals surface area contributed by atoms with Crippen LogP contribution in [0.15, 0.2) is 40.9 Å². The highest BCUT2D eigenvalue weighted by atomic mass is 79.9. The summed E-state index contributed by atoms with van der Waals surface area (Å²) in [4.78, 5) is 28.0. The Labute approximate surface area is 200 Å². The first-order valence-electron chi connectivity index (χ1n) is 11.2. The maximum absolute atomic E-state index is 13.3. The van der Waals surface area contributed by atoms with Gasteiger partial charge in [0.1, 0.15) is 11.8 Å². The lowest BCUT2D eigenvalue weighted by atomic mass is 10.1. The predicted molar refractivity (Wildman–Crippen MR) is 133 cm³/mol. The first kappa shape index (κ1) is 25.9. The van der Waals surface area contributed by atoms with Gasteiger partial charge in [-0.1, -0.05) is 59.6 Å². The van der Waals surface area contributed by atoms with Crippen molar-refractivity contribution >= 4 is 27.7 Å². The van der Waals surface area contributed by atoms with Gasteiger partial charge in [0, 0.05) is 17.1 Å². The van der Waals surface area contributed by atoms with E-state index in [0.717, 1.165) is 33.1 Å². The van der Waals surface area contributed by atoms with Crippen molar-refractivity contribution in [1.29, 1.82) is 0 Å². The minimum absolute atomic E-state index is 0.0532. The van der Waals surface area contributed by atoms with E-state index in [1.165, 1.54) is 0 Å². The summed E-state index contributed by atoms with van der Waals surface area (Å²) in [6.45, 7) is 12.2. The van der Waals surface area contributed by atoms with E-state index in [4.69, 9.17) is 4.74 Å².